The van der Waals surface area contributed by atoms with Crippen molar-refractivity contribution in [1.82, 2.24) is 20.1 Å². The van der Waals surface area contributed by atoms with Crippen molar-refractivity contribution in [1.29, 1.82) is 0 Å². The van der Waals surface area contributed by atoms with E-state index in [0.29, 0.717) is 11.7 Å². The van der Waals surface area contributed by atoms with Crippen LogP contribution in [-0.4, -0.2) is 38.4 Å². The van der Waals surface area contributed by atoms with E-state index in [1.807, 2.05) is 67.8 Å². The van der Waals surface area contributed by atoms with Gasteiger partial charge in [0.15, 0.2) is 11.0 Å². The highest BCUT2D eigenvalue weighted by molar-refractivity contribution is 8.00. The standard InChI is InChI=1S/C25H29N5O2S/c1-6-13-30-23(20-12-7-9-16(2)14-20)28-29-25(30)33-19(5)24(32)26-15-21(31)27-22-17(3)10-8-11-18(22)4/h6-12,14,19H,1,13,15H2,2-5H3,(H,26,32)(H,27,31). The lowest BCUT2D eigenvalue weighted by Gasteiger charge is -2.14. The van der Waals surface area contributed by atoms with Crippen molar-refractivity contribution in [2.75, 3.05) is 11.9 Å². The molecule has 0 aliphatic heterocycles. The summed E-state index contributed by atoms with van der Waals surface area (Å²) in [4.78, 5) is 25.0. The lowest BCUT2D eigenvalue weighted by atomic mass is 10.1. The average Bonchev–Trinajstić information content (AvgIpc) is 3.17. The van der Waals surface area contributed by atoms with Gasteiger partial charge in [0.05, 0.1) is 11.8 Å². The Morgan fingerprint density at radius 3 is 2.48 bits per heavy atom. The normalized spacial score (nSPS) is 11.6. The number of carbonyl (C=O) groups excluding carboxylic acids is 2. The summed E-state index contributed by atoms with van der Waals surface area (Å²) in [5.74, 6) is 0.207. The van der Waals surface area contributed by atoms with Crippen LogP contribution in [0.3, 0.4) is 0 Å². The number of amides is 2. The van der Waals surface area contributed by atoms with Crippen molar-refractivity contribution >= 4 is 29.3 Å². The van der Waals surface area contributed by atoms with Crippen molar-refractivity contribution in [3.63, 3.8) is 0 Å². The SMILES string of the molecule is C=CCn1c(SC(C)C(=O)NCC(=O)Nc2c(C)cccc2C)nnc1-c1cccc(C)c1. The first-order chi connectivity index (χ1) is 15.8. The average molecular weight is 464 g/mol. The molecule has 7 nitrogen and oxygen atoms in total. The summed E-state index contributed by atoms with van der Waals surface area (Å²) in [6, 6.07) is 13.8. The molecule has 1 aromatic heterocycles. The predicted molar refractivity (Wildman–Crippen MR) is 133 cm³/mol. The molecule has 3 rings (SSSR count). The zero-order valence-corrected chi connectivity index (χ0v) is 20.2. The minimum absolute atomic E-state index is 0.106. The molecule has 0 radical (unpaired) electrons. The minimum atomic E-state index is -0.462. The number of benzene rings is 2. The molecule has 172 valence electrons. The maximum Gasteiger partial charge on any atom is 0.243 e. The van der Waals surface area contributed by atoms with E-state index < -0.39 is 5.25 Å². The number of anilines is 1. The molecule has 0 fully saturated rings. The quantitative estimate of drug-likeness (QED) is 0.365. The number of nitrogens with one attached hydrogen (secondary N) is 2. The van der Waals surface area contributed by atoms with Crippen LogP contribution in [-0.2, 0) is 16.1 Å². The number of thioether (sulfide) groups is 1. The van der Waals surface area contributed by atoms with Gasteiger partial charge >= 0.3 is 0 Å². The summed E-state index contributed by atoms with van der Waals surface area (Å²) in [7, 11) is 0. The van der Waals surface area contributed by atoms with E-state index in [-0.39, 0.29) is 18.4 Å². The lowest BCUT2D eigenvalue weighted by molar-refractivity contribution is -0.123. The van der Waals surface area contributed by atoms with Crippen LogP contribution < -0.4 is 10.6 Å². The van der Waals surface area contributed by atoms with Gasteiger partial charge in [0.2, 0.25) is 11.8 Å². The third-order valence-corrected chi connectivity index (χ3v) is 6.21. The summed E-state index contributed by atoms with van der Waals surface area (Å²) in [5, 5.41) is 14.4. The van der Waals surface area contributed by atoms with E-state index >= 15 is 0 Å². The highest BCUT2D eigenvalue weighted by Gasteiger charge is 2.21. The first kappa shape index (κ1) is 24.3. The molecule has 33 heavy (non-hydrogen) atoms. The Morgan fingerprint density at radius 2 is 1.82 bits per heavy atom. The zero-order valence-electron chi connectivity index (χ0n) is 19.4. The summed E-state index contributed by atoms with van der Waals surface area (Å²) < 4.78 is 1.93. The van der Waals surface area contributed by atoms with Crippen molar-refractivity contribution in [2.24, 2.45) is 0 Å². The number of hydrogen-bond donors (Lipinski definition) is 2. The van der Waals surface area contributed by atoms with Crippen LogP contribution in [0.1, 0.15) is 23.6 Å². The Balaban J connectivity index is 1.63. The van der Waals surface area contributed by atoms with E-state index in [2.05, 4.69) is 27.4 Å². The van der Waals surface area contributed by atoms with Crippen LogP contribution >= 0.6 is 11.8 Å². The zero-order chi connectivity index (χ0) is 24.0. The van der Waals surface area contributed by atoms with E-state index in [1.165, 1.54) is 11.8 Å². The summed E-state index contributed by atoms with van der Waals surface area (Å²) in [5.41, 5.74) is 4.81. The van der Waals surface area contributed by atoms with Crippen molar-refractivity contribution in [2.45, 2.75) is 44.6 Å². The van der Waals surface area contributed by atoms with E-state index in [0.717, 1.165) is 33.8 Å². The molecular formula is C25H29N5O2S. The molecule has 1 atom stereocenters. The van der Waals surface area contributed by atoms with Gasteiger partial charge in [-0.2, -0.15) is 0 Å². The number of aromatic nitrogens is 3. The molecule has 0 spiro atoms. The maximum atomic E-state index is 12.6. The number of nitrogens with zero attached hydrogens (tertiary/aromatic N) is 3. The second-order valence-electron chi connectivity index (χ2n) is 7.87. The van der Waals surface area contributed by atoms with Crippen molar-refractivity contribution < 1.29 is 9.59 Å². The van der Waals surface area contributed by atoms with Crippen LogP contribution in [0.4, 0.5) is 5.69 Å². The Kier molecular flexibility index (Phi) is 8.06. The highest BCUT2D eigenvalue weighted by Crippen LogP contribution is 2.27. The molecule has 0 aliphatic carbocycles. The van der Waals surface area contributed by atoms with Crippen LogP contribution in [0.25, 0.3) is 11.4 Å². The Labute approximate surface area is 198 Å². The lowest BCUT2D eigenvalue weighted by Crippen LogP contribution is -2.37. The Bertz CT molecular complexity index is 1150. The van der Waals surface area contributed by atoms with Gasteiger partial charge in [0.25, 0.3) is 0 Å². The Morgan fingerprint density at radius 1 is 1.12 bits per heavy atom. The smallest absolute Gasteiger partial charge is 0.243 e. The third kappa shape index (κ3) is 6.10. The fourth-order valence-corrected chi connectivity index (χ4v) is 4.27. The molecule has 0 aliphatic rings. The number of carbonyl (C=O) groups is 2. The van der Waals surface area contributed by atoms with Gasteiger partial charge in [-0.15, -0.1) is 16.8 Å². The van der Waals surface area contributed by atoms with Gasteiger partial charge in [-0.3, -0.25) is 14.2 Å². The Hall–Kier alpha value is -3.39. The topological polar surface area (TPSA) is 88.9 Å². The monoisotopic (exact) mass is 463 g/mol. The van der Waals surface area contributed by atoms with Crippen molar-refractivity contribution in [3.05, 3.63) is 71.8 Å². The molecule has 0 bridgehead atoms. The van der Waals surface area contributed by atoms with Crippen LogP contribution in [0.5, 0.6) is 0 Å². The van der Waals surface area contributed by atoms with E-state index in [1.54, 1.807) is 13.0 Å². The van der Waals surface area contributed by atoms with Crippen LogP contribution in [0.15, 0.2) is 60.3 Å². The van der Waals surface area contributed by atoms with E-state index in [9.17, 15) is 9.59 Å². The second kappa shape index (κ2) is 11.0. The minimum Gasteiger partial charge on any atom is -0.346 e. The van der Waals surface area contributed by atoms with Crippen LogP contribution in [0, 0.1) is 20.8 Å². The molecule has 2 aromatic carbocycles. The molecule has 0 saturated heterocycles. The van der Waals surface area contributed by atoms with E-state index in [4.69, 9.17) is 0 Å². The van der Waals surface area contributed by atoms with Gasteiger partial charge < -0.3 is 10.6 Å². The summed E-state index contributed by atoms with van der Waals surface area (Å²) in [6.07, 6.45) is 1.77. The van der Waals surface area contributed by atoms with Gasteiger partial charge in [0, 0.05) is 17.8 Å². The fraction of sp³-hybridized carbons (Fsp3) is 0.280. The number of rotatable bonds is 9. The number of allylic oxidation sites excluding steroid dienone is 1. The molecular weight excluding hydrogens is 434 g/mol. The van der Waals surface area contributed by atoms with Crippen molar-refractivity contribution in [3.8, 4) is 11.4 Å². The maximum absolute atomic E-state index is 12.6. The van der Waals surface area contributed by atoms with Gasteiger partial charge in [-0.1, -0.05) is 59.8 Å². The molecule has 0 saturated carbocycles. The molecule has 2 N–H and O–H groups in total. The van der Waals surface area contributed by atoms with Gasteiger partial charge in [-0.05, 0) is 44.9 Å². The number of aryl methyl sites for hydroxylation is 3. The summed E-state index contributed by atoms with van der Waals surface area (Å²) in [6.45, 7) is 11.9. The first-order valence-electron chi connectivity index (χ1n) is 10.7. The molecule has 8 heteroatoms. The highest BCUT2D eigenvalue weighted by atomic mass is 32.2. The summed E-state index contributed by atoms with van der Waals surface area (Å²) >= 11 is 1.30. The predicted octanol–water partition coefficient (Wildman–Crippen LogP) is 4.29. The van der Waals surface area contributed by atoms with Crippen LogP contribution in [0.2, 0.25) is 0 Å². The molecule has 1 unspecified atom stereocenters. The van der Waals surface area contributed by atoms with Gasteiger partial charge in [0.1, 0.15) is 0 Å². The molecule has 1 heterocycles. The molecule has 3 aromatic rings. The molecule has 2 amide bonds. The largest absolute Gasteiger partial charge is 0.346 e. The van der Waals surface area contributed by atoms with Gasteiger partial charge in [-0.25, -0.2) is 0 Å². The third-order valence-electron chi connectivity index (χ3n) is 5.12. The number of hydrogen-bond acceptors (Lipinski definition) is 5. The number of para-hydroxylation sites is 1. The second-order valence-corrected chi connectivity index (χ2v) is 9.18. The fourth-order valence-electron chi connectivity index (χ4n) is 3.39. The first-order valence-corrected chi connectivity index (χ1v) is 11.6.